The average molecular weight is 857 g/mol. The zero-order valence-electron chi connectivity index (χ0n) is 36.2. The molecule has 0 saturated carbocycles. The third-order valence-electron chi connectivity index (χ3n) is 11.6. The number of phenolic OH excluding ortho intramolecular Hbond substituents is 1. The van der Waals surface area contributed by atoms with E-state index in [2.05, 4.69) is 5.32 Å². The van der Waals surface area contributed by atoms with Crippen molar-refractivity contribution in [1.29, 1.82) is 0 Å². The van der Waals surface area contributed by atoms with Crippen LogP contribution in [0.25, 0.3) is 6.08 Å². The third kappa shape index (κ3) is 11.3. The van der Waals surface area contributed by atoms with Gasteiger partial charge in [0.25, 0.3) is 0 Å². The summed E-state index contributed by atoms with van der Waals surface area (Å²) in [6.07, 6.45) is 5.04. The van der Waals surface area contributed by atoms with Gasteiger partial charge in [-0.2, -0.15) is 0 Å². The van der Waals surface area contributed by atoms with Crippen LogP contribution in [0.1, 0.15) is 78.2 Å². The fourth-order valence-corrected chi connectivity index (χ4v) is 8.40. The van der Waals surface area contributed by atoms with E-state index in [9.17, 15) is 29.4 Å². The molecular formula is C51H56N2O10. The number of ether oxygens (including phenoxy) is 4. The Morgan fingerprint density at radius 2 is 1.57 bits per heavy atom. The van der Waals surface area contributed by atoms with Crippen LogP contribution in [0.5, 0.6) is 5.75 Å². The fourth-order valence-electron chi connectivity index (χ4n) is 8.40. The van der Waals surface area contributed by atoms with Crippen LogP contribution in [-0.4, -0.2) is 94.3 Å². The van der Waals surface area contributed by atoms with Gasteiger partial charge in [-0.05, 0) is 85.7 Å². The Hall–Kier alpha value is -6.08. The van der Waals surface area contributed by atoms with Crippen LogP contribution in [0.2, 0.25) is 0 Å². The number of fused-ring (bicyclic) bond motifs is 2. The van der Waals surface area contributed by atoms with E-state index in [1.165, 1.54) is 4.90 Å². The van der Waals surface area contributed by atoms with Gasteiger partial charge < -0.3 is 39.4 Å². The number of nitrogens with one attached hydrogen (secondary N) is 1. The summed E-state index contributed by atoms with van der Waals surface area (Å²) in [5, 5.41) is 23.2. The molecule has 5 unspecified atom stereocenters. The maximum atomic E-state index is 14.7. The summed E-state index contributed by atoms with van der Waals surface area (Å²) < 4.78 is 25.0. The zero-order chi connectivity index (χ0) is 44.7. The quantitative estimate of drug-likeness (QED) is 0.113. The maximum Gasteiger partial charge on any atom is 0.338 e. The molecule has 12 nitrogen and oxygen atoms in total. The number of benzene rings is 4. The van der Waals surface area contributed by atoms with Crippen molar-refractivity contribution in [2.24, 2.45) is 0 Å². The van der Waals surface area contributed by atoms with Gasteiger partial charge in [0.05, 0.1) is 18.2 Å². The minimum Gasteiger partial charge on any atom is -0.508 e. The Morgan fingerprint density at radius 1 is 0.905 bits per heavy atom. The summed E-state index contributed by atoms with van der Waals surface area (Å²) >= 11 is 0. The van der Waals surface area contributed by atoms with Gasteiger partial charge in [0.1, 0.15) is 35.7 Å². The molecular weight excluding hydrogens is 801 g/mol. The van der Waals surface area contributed by atoms with Gasteiger partial charge in [-0.3, -0.25) is 14.4 Å². The van der Waals surface area contributed by atoms with Crippen molar-refractivity contribution in [3.05, 3.63) is 154 Å². The van der Waals surface area contributed by atoms with Crippen molar-refractivity contribution in [3.8, 4) is 5.75 Å². The number of nitrogens with zero attached hydrogens (tertiary/aromatic N) is 1. The molecule has 0 bridgehead atoms. The Morgan fingerprint density at radius 3 is 2.24 bits per heavy atom. The molecule has 4 aromatic carbocycles. The van der Waals surface area contributed by atoms with E-state index in [-0.39, 0.29) is 31.4 Å². The van der Waals surface area contributed by atoms with Gasteiger partial charge in [-0.25, -0.2) is 4.79 Å². The number of amides is 2. The first-order chi connectivity index (χ1) is 30.2. The lowest BCUT2D eigenvalue weighted by Crippen LogP contribution is -2.53. The highest BCUT2D eigenvalue weighted by Crippen LogP contribution is 2.45. The molecule has 0 radical (unpaired) electrons. The monoisotopic (exact) mass is 856 g/mol. The predicted molar refractivity (Wildman–Crippen MR) is 236 cm³/mol. The number of para-hydroxylation sites is 1. The van der Waals surface area contributed by atoms with Crippen molar-refractivity contribution in [3.63, 3.8) is 0 Å². The standard InChI is InChI=1S/C51H56N2O10/c1-50(2,3)62-45(56)26-25-40(32-54)52-47(57)41(27-34-13-6-5-7-14-34)53(4)48(58)39-28-43(46-44(29-39)61-51(63-46)30-37-17-8-9-18-38(37)31-51)60-49(59)36-23-21-33(22-24-36)15-12-19-35-16-10-11-20-42(35)55/h5-18,20-24,29,40-41,43-44,46,54-55H,19,25-28,30-32H2,1-4H3,(H,52,57). The average Bonchev–Trinajstić information content (AvgIpc) is 3.82. The summed E-state index contributed by atoms with van der Waals surface area (Å²) in [5.41, 5.74) is 4.60. The molecule has 5 atom stereocenters. The fraction of sp³-hybridized carbons (Fsp3) is 0.373. The summed E-state index contributed by atoms with van der Waals surface area (Å²) in [5.74, 6) is -2.78. The number of carbonyl (C=O) groups is 4. The number of hydrogen-bond acceptors (Lipinski definition) is 10. The van der Waals surface area contributed by atoms with Crippen molar-refractivity contribution in [1.82, 2.24) is 10.2 Å². The van der Waals surface area contributed by atoms with E-state index in [0.29, 0.717) is 30.4 Å². The predicted octanol–water partition coefficient (Wildman–Crippen LogP) is 6.45. The van der Waals surface area contributed by atoms with Gasteiger partial charge in [0.2, 0.25) is 11.8 Å². The first-order valence-electron chi connectivity index (χ1n) is 21.5. The topological polar surface area (TPSA) is 161 Å². The van der Waals surface area contributed by atoms with Crippen LogP contribution in [-0.2, 0) is 59.0 Å². The Balaban J connectivity index is 1.10. The summed E-state index contributed by atoms with van der Waals surface area (Å²) in [7, 11) is 1.55. The molecule has 1 spiro atoms. The molecule has 1 aliphatic heterocycles. The van der Waals surface area contributed by atoms with Gasteiger partial charge in [-0.1, -0.05) is 97.1 Å². The Kier molecular flexibility index (Phi) is 13.9. The molecule has 2 amide bonds. The van der Waals surface area contributed by atoms with Gasteiger partial charge in [-0.15, -0.1) is 0 Å². The van der Waals surface area contributed by atoms with Crippen LogP contribution in [0.4, 0.5) is 0 Å². The second kappa shape index (κ2) is 19.5. The molecule has 63 heavy (non-hydrogen) atoms. The lowest BCUT2D eigenvalue weighted by Gasteiger charge is -2.34. The lowest BCUT2D eigenvalue weighted by molar-refractivity contribution is -0.172. The van der Waals surface area contributed by atoms with E-state index in [0.717, 1.165) is 27.8 Å². The molecule has 1 fully saturated rings. The third-order valence-corrected chi connectivity index (χ3v) is 11.6. The molecule has 4 aromatic rings. The molecule has 1 saturated heterocycles. The molecule has 330 valence electrons. The molecule has 3 N–H and O–H groups in total. The maximum absolute atomic E-state index is 14.7. The van der Waals surface area contributed by atoms with Crippen molar-refractivity contribution in [2.75, 3.05) is 13.7 Å². The normalized spacial score (nSPS) is 19.7. The zero-order valence-corrected chi connectivity index (χ0v) is 36.2. The molecule has 1 heterocycles. The second-order valence-corrected chi connectivity index (χ2v) is 17.5. The molecule has 7 rings (SSSR count). The molecule has 12 heteroatoms. The number of phenols is 1. The highest BCUT2D eigenvalue weighted by molar-refractivity contribution is 5.97. The SMILES string of the molecule is CN(C(=O)C1=CC2OC3(Cc4ccccc4C3)OC2C(OC(=O)c2ccc(C=CCc3ccccc3O)cc2)C1)C(Cc1ccccc1)C(=O)NC(CO)CCC(=O)OC(C)(C)C. The van der Waals surface area contributed by atoms with E-state index in [1.54, 1.807) is 58.2 Å². The molecule has 3 aliphatic rings. The molecule has 0 aromatic heterocycles. The van der Waals surface area contributed by atoms with E-state index >= 15 is 0 Å². The van der Waals surface area contributed by atoms with Crippen molar-refractivity contribution < 1.29 is 48.3 Å². The number of carbonyl (C=O) groups excluding carboxylic acids is 4. The largest absolute Gasteiger partial charge is 0.508 e. The highest BCUT2D eigenvalue weighted by atomic mass is 16.8. The minimum atomic E-state index is -1.02. The first-order valence-corrected chi connectivity index (χ1v) is 21.5. The minimum absolute atomic E-state index is 0.00442. The van der Waals surface area contributed by atoms with Crippen LogP contribution < -0.4 is 5.32 Å². The number of aliphatic hydroxyl groups is 1. The number of likely N-dealkylation sites (N-methyl/N-ethyl adjacent to an activating group) is 1. The van der Waals surface area contributed by atoms with Gasteiger partial charge in [0, 0.05) is 44.7 Å². The van der Waals surface area contributed by atoms with Gasteiger partial charge >= 0.3 is 11.9 Å². The van der Waals surface area contributed by atoms with Crippen LogP contribution in [0.3, 0.4) is 0 Å². The van der Waals surface area contributed by atoms with Crippen LogP contribution >= 0.6 is 0 Å². The van der Waals surface area contributed by atoms with Crippen LogP contribution in [0, 0.1) is 0 Å². The number of esters is 2. The summed E-state index contributed by atoms with van der Waals surface area (Å²) in [6.45, 7) is 4.88. The number of rotatable bonds is 15. The Labute approximate surface area is 368 Å². The summed E-state index contributed by atoms with van der Waals surface area (Å²) in [6, 6.07) is 29.7. The van der Waals surface area contributed by atoms with E-state index in [4.69, 9.17) is 18.9 Å². The highest BCUT2D eigenvalue weighted by Gasteiger charge is 2.55. The number of allylic oxidation sites excluding steroid dienone is 1. The second-order valence-electron chi connectivity index (χ2n) is 17.5. The number of aromatic hydroxyl groups is 1. The first kappa shape index (κ1) is 45.0. The lowest BCUT2D eigenvalue weighted by atomic mass is 9.90. The summed E-state index contributed by atoms with van der Waals surface area (Å²) in [4.78, 5) is 56.5. The van der Waals surface area contributed by atoms with Crippen molar-refractivity contribution in [2.45, 2.75) is 108 Å². The van der Waals surface area contributed by atoms with Crippen LogP contribution in [0.15, 0.2) is 121 Å². The number of hydrogen-bond donors (Lipinski definition) is 3. The van der Waals surface area contributed by atoms with Crippen molar-refractivity contribution >= 4 is 29.8 Å². The van der Waals surface area contributed by atoms with E-state index in [1.807, 2.05) is 91.0 Å². The van der Waals surface area contributed by atoms with E-state index < -0.39 is 72.1 Å². The smallest absolute Gasteiger partial charge is 0.338 e. The Bertz CT molecular complexity index is 2310. The van der Waals surface area contributed by atoms with Gasteiger partial charge in [0.15, 0.2) is 5.79 Å². The number of aliphatic hydroxyl groups excluding tert-OH is 1. The molecule has 2 aliphatic carbocycles.